The van der Waals surface area contributed by atoms with Gasteiger partial charge in [-0.25, -0.2) is 14.7 Å². The summed E-state index contributed by atoms with van der Waals surface area (Å²) in [5.41, 5.74) is 5.37. The van der Waals surface area contributed by atoms with Gasteiger partial charge in [0, 0.05) is 53.1 Å². The summed E-state index contributed by atoms with van der Waals surface area (Å²) < 4.78 is 18.6. The first-order valence-corrected chi connectivity index (χ1v) is 14.5. The largest absolute Gasteiger partial charge is 0.299 e. The van der Waals surface area contributed by atoms with Crippen molar-refractivity contribution in [1.82, 2.24) is 24.5 Å². The van der Waals surface area contributed by atoms with Crippen LogP contribution in [0.5, 0.6) is 0 Å². The number of aryl methyl sites for hydroxylation is 1. The zero-order chi connectivity index (χ0) is 29.3. The van der Waals surface area contributed by atoms with E-state index >= 15 is 4.39 Å². The number of hydrogen-bond acceptors (Lipinski definition) is 6. The highest BCUT2D eigenvalue weighted by atomic mass is 35.5. The van der Waals surface area contributed by atoms with E-state index in [0.717, 1.165) is 16.7 Å². The molecule has 7 rings (SSSR count). The molecule has 8 nitrogen and oxygen atoms in total. The Kier molecular flexibility index (Phi) is 6.47. The zero-order valence-electron chi connectivity index (χ0n) is 22.8. The van der Waals surface area contributed by atoms with Crippen LogP contribution in [0.2, 0.25) is 10.2 Å². The van der Waals surface area contributed by atoms with E-state index in [1.807, 2.05) is 32.0 Å². The van der Waals surface area contributed by atoms with Gasteiger partial charge < -0.3 is 0 Å². The molecular weight excluding hydrogens is 578 g/mol. The number of rotatable bonds is 4. The fourth-order valence-electron chi connectivity index (χ4n) is 6.39. The minimum absolute atomic E-state index is 0.0474. The second-order valence-electron chi connectivity index (χ2n) is 11.2. The van der Waals surface area contributed by atoms with Gasteiger partial charge in [-0.3, -0.25) is 14.2 Å². The number of halogens is 3. The minimum atomic E-state index is -0.530. The van der Waals surface area contributed by atoms with Gasteiger partial charge in [-0.1, -0.05) is 60.5 Å². The Morgan fingerprint density at radius 2 is 1.81 bits per heavy atom. The van der Waals surface area contributed by atoms with E-state index in [1.165, 1.54) is 10.7 Å². The Morgan fingerprint density at radius 1 is 0.976 bits per heavy atom. The molecule has 1 aliphatic carbocycles. The minimum Gasteiger partial charge on any atom is -0.299 e. The molecular formula is C31H25Cl2FN6O2. The summed E-state index contributed by atoms with van der Waals surface area (Å²) in [7, 11) is 0. The van der Waals surface area contributed by atoms with Gasteiger partial charge in [-0.2, -0.15) is 4.39 Å². The highest BCUT2D eigenvalue weighted by Crippen LogP contribution is 2.45. The smallest absolute Gasteiger partial charge is 0.254 e. The Labute approximate surface area is 250 Å². The van der Waals surface area contributed by atoms with Crippen LogP contribution in [-0.4, -0.2) is 36.0 Å². The highest BCUT2D eigenvalue weighted by molar-refractivity contribution is 6.31. The van der Waals surface area contributed by atoms with Crippen molar-refractivity contribution in [2.75, 3.05) is 0 Å². The average Bonchev–Trinajstić information content (AvgIpc) is 3.64. The molecule has 3 aliphatic rings. The van der Waals surface area contributed by atoms with E-state index in [0.29, 0.717) is 64.8 Å². The van der Waals surface area contributed by atoms with Crippen LogP contribution >= 0.6 is 23.2 Å². The lowest BCUT2D eigenvalue weighted by molar-refractivity contribution is -0.118. The van der Waals surface area contributed by atoms with Gasteiger partial charge >= 0.3 is 0 Å². The third-order valence-electron chi connectivity index (χ3n) is 8.70. The number of hydrogen-bond donors (Lipinski definition) is 0. The van der Waals surface area contributed by atoms with Crippen LogP contribution in [0.1, 0.15) is 61.2 Å². The molecule has 0 saturated heterocycles. The van der Waals surface area contributed by atoms with Crippen molar-refractivity contribution in [1.29, 1.82) is 0 Å². The van der Waals surface area contributed by atoms with Crippen molar-refractivity contribution in [2.24, 2.45) is 10.9 Å². The second-order valence-corrected chi connectivity index (χ2v) is 12.0. The Bertz CT molecular complexity index is 1930. The van der Waals surface area contributed by atoms with Crippen LogP contribution < -0.4 is 5.56 Å². The van der Waals surface area contributed by atoms with Crippen LogP contribution in [0.15, 0.2) is 64.4 Å². The molecule has 0 spiro atoms. The maximum atomic E-state index is 15.4. The van der Waals surface area contributed by atoms with Gasteiger partial charge in [0.1, 0.15) is 11.6 Å². The number of aromatic nitrogens is 5. The molecule has 212 valence electrons. The molecule has 0 amide bonds. The molecule has 0 N–H and O–H groups in total. The lowest BCUT2D eigenvalue weighted by Crippen LogP contribution is -2.30. The SMILES string of the molecule is C[C@@H]1[C@@H](C2=NC(F)=C(c3ccc4c(c3)CCC(=O)C4)C2)n2c(nc(-c3cc(Cl)ccc3-n3cc(Cl)nn3)cc2=O)[C@@H]1C. The highest BCUT2D eigenvalue weighted by Gasteiger charge is 2.42. The van der Waals surface area contributed by atoms with E-state index in [1.54, 1.807) is 29.0 Å². The molecule has 2 aromatic heterocycles. The number of fused-ring (bicyclic) bond motifs is 2. The molecule has 0 radical (unpaired) electrons. The summed E-state index contributed by atoms with van der Waals surface area (Å²) in [6, 6.07) is 12.0. The van der Waals surface area contributed by atoms with E-state index in [2.05, 4.69) is 15.3 Å². The molecule has 3 atom stereocenters. The lowest BCUT2D eigenvalue weighted by atomic mass is 9.86. The topological polar surface area (TPSA) is 95.0 Å². The molecule has 0 bridgehead atoms. The van der Waals surface area contributed by atoms with Crippen molar-refractivity contribution in [3.63, 3.8) is 0 Å². The van der Waals surface area contributed by atoms with Gasteiger partial charge in [-0.15, -0.1) is 5.10 Å². The van der Waals surface area contributed by atoms with E-state index < -0.39 is 12.0 Å². The maximum Gasteiger partial charge on any atom is 0.254 e. The normalized spacial score (nSPS) is 21.5. The summed E-state index contributed by atoms with van der Waals surface area (Å²) in [6.45, 7) is 4.06. The molecule has 4 aromatic rings. The molecule has 2 aromatic carbocycles. The first kappa shape index (κ1) is 26.9. The maximum absolute atomic E-state index is 15.4. The predicted octanol–water partition coefficient (Wildman–Crippen LogP) is 6.33. The molecule has 42 heavy (non-hydrogen) atoms. The van der Waals surface area contributed by atoms with Gasteiger partial charge in [0.15, 0.2) is 5.15 Å². The second kappa shape index (κ2) is 10.1. The molecule has 0 fully saturated rings. The van der Waals surface area contributed by atoms with Crippen molar-refractivity contribution >= 4 is 40.3 Å². The lowest BCUT2D eigenvalue weighted by Gasteiger charge is -2.20. The number of Topliss-reactive ketones (excluding diaryl/α,β-unsaturated/α-hetero) is 1. The zero-order valence-corrected chi connectivity index (χ0v) is 24.3. The predicted molar refractivity (Wildman–Crippen MR) is 159 cm³/mol. The fourth-order valence-corrected chi connectivity index (χ4v) is 6.69. The number of aliphatic imine (C=N–C) groups is 1. The number of ketones is 1. The van der Waals surface area contributed by atoms with Crippen LogP contribution in [0.25, 0.3) is 22.5 Å². The van der Waals surface area contributed by atoms with Gasteiger partial charge in [0.2, 0.25) is 5.95 Å². The number of carbonyl (C=O) groups is 1. The van der Waals surface area contributed by atoms with Gasteiger partial charge in [0.25, 0.3) is 5.56 Å². The summed E-state index contributed by atoms with van der Waals surface area (Å²) in [6.07, 6.45) is 3.46. The quantitative estimate of drug-likeness (QED) is 0.254. The first-order valence-electron chi connectivity index (χ1n) is 13.8. The van der Waals surface area contributed by atoms with E-state index in [9.17, 15) is 9.59 Å². The Morgan fingerprint density at radius 3 is 2.60 bits per heavy atom. The Hall–Kier alpha value is -3.95. The van der Waals surface area contributed by atoms with Crippen LogP contribution in [-0.2, 0) is 17.6 Å². The van der Waals surface area contributed by atoms with Crippen molar-refractivity contribution < 1.29 is 9.18 Å². The molecule has 2 aliphatic heterocycles. The average molecular weight is 603 g/mol. The van der Waals surface area contributed by atoms with Crippen LogP contribution in [0.4, 0.5) is 4.39 Å². The number of nitrogens with zero attached hydrogens (tertiary/aromatic N) is 6. The molecule has 0 unspecified atom stereocenters. The summed E-state index contributed by atoms with van der Waals surface area (Å²) >= 11 is 12.4. The van der Waals surface area contributed by atoms with Crippen molar-refractivity contribution in [3.8, 4) is 16.9 Å². The van der Waals surface area contributed by atoms with E-state index in [4.69, 9.17) is 28.2 Å². The number of benzene rings is 2. The first-order chi connectivity index (χ1) is 20.2. The summed E-state index contributed by atoms with van der Waals surface area (Å²) in [5, 5.41) is 8.63. The van der Waals surface area contributed by atoms with Crippen molar-refractivity contribution in [3.05, 3.63) is 97.7 Å². The fraction of sp³-hybridized carbons (Fsp3) is 0.290. The van der Waals surface area contributed by atoms with Gasteiger partial charge in [-0.05, 0) is 47.2 Å². The van der Waals surface area contributed by atoms with E-state index in [-0.39, 0.29) is 28.3 Å². The molecule has 0 saturated carbocycles. The monoisotopic (exact) mass is 602 g/mol. The third-order valence-corrected chi connectivity index (χ3v) is 9.11. The Balaban J connectivity index is 1.24. The number of carbonyl (C=O) groups excluding carboxylic acids is 1. The van der Waals surface area contributed by atoms with Crippen LogP contribution in [0.3, 0.4) is 0 Å². The molecule has 4 heterocycles. The van der Waals surface area contributed by atoms with Crippen LogP contribution in [0, 0.1) is 5.92 Å². The number of allylic oxidation sites excluding steroid dienone is 1. The summed E-state index contributed by atoms with van der Waals surface area (Å²) in [5.74, 6) is 0.160. The van der Waals surface area contributed by atoms with Crippen molar-refractivity contribution in [2.45, 2.75) is 51.5 Å². The standard InChI is InChI=1S/C31H25Cl2FN6O2/c1-15-16(2)31-36-24(23-11-20(32)6-8-26(23)39-14-27(33)37-38-39)13-28(42)40(31)29(15)25-12-22(30(34)35-25)19-4-3-18-10-21(41)7-5-17(18)9-19/h3-4,6,8-9,11,13-16,29H,5,7,10,12H2,1-2H3/t15-,16+,29-/m0/s1. The third kappa shape index (κ3) is 4.42. The summed E-state index contributed by atoms with van der Waals surface area (Å²) in [4.78, 5) is 34.9. The molecule has 11 heteroatoms. The van der Waals surface area contributed by atoms with Gasteiger partial charge in [0.05, 0.1) is 23.6 Å².